The number of carbonyl (C=O) groups excluding carboxylic acids is 1. The van der Waals surface area contributed by atoms with Crippen LogP contribution in [-0.4, -0.2) is 35.7 Å². The number of ether oxygens (including phenoxy) is 2. The van der Waals surface area contributed by atoms with E-state index in [2.05, 4.69) is 28.1 Å². The first-order valence-corrected chi connectivity index (χ1v) is 14.1. The molecule has 0 fully saturated rings. The lowest BCUT2D eigenvalue weighted by Crippen LogP contribution is -2.26. The molecular weight excluding hydrogens is 510 g/mol. The molecule has 0 bridgehead atoms. The highest BCUT2D eigenvalue weighted by Gasteiger charge is 2.10. The van der Waals surface area contributed by atoms with Crippen LogP contribution in [-0.2, 0) is 24.2 Å². The van der Waals surface area contributed by atoms with Gasteiger partial charge in [-0.15, -0.1) is 0 Å². The Bertz CT molecular complexity index is 1350. The van der Waals surface area contributed by atoms with E-state index in [1.54, 1.807) is 7.11 Å². The first-order valence-electron chi connectivity index (χ1n) is 13.8. The lowest BCUT2D eigenvalue weighted by Gasteiger charge is -2.11. The fourth-order valence-electron chi connectivity index (χ4n) is 4.64. The number of amides is 1. The molecule has 4 rings (SSSR count). The smallest absolute Gasteiger partial charge is 0.224 e. The van der Waals surface area contributed by atoms with Crippen LogP contribution < -0.4 is 14.8 Å². The van der Waals surface area contributed by atoms with Crippen LogP contribution in [0.4, 0.5) is 0 Å². The van der Waals surface area contributed by atoms with Crippen LogP contribution in [0.5, 0.6) is 11.5 Å². The number of carbonyl (C=O) groups is 1. The van der Waals surface area contributed by atoms with E-state index < -0.39 is 0 Å². The SMILES string of the molecule is COc1ccc(CC(=O)NCCCCCc2nc3ccccc3n2CCCCOc2ccc(Cl)c(C)c2)cc1. The molecule has 39 heavy (non-hydrogen) atoms. The summed E-state index contributed by atoms with van der Waals surface area (Å²) in [5.74, 6) is 2.85. The summed E-state index contributed by atoms with van der Waals surface area (Å²) in [6.07, 6.45) is 6.32. The monoisotopic (exact) mass is 547 g/mol. The van der Waals surface area contributed by atoms with E-state index in [0.29, 0.717) is 19.6 Å². The highest BCUT2D eigenvalue weighted by atomic mass is 35.5. The van der Waals surface area contributed by atoms with Gasteiger partial charge in [0.1, 0.15) is 17.3 Å². The van der Waals surface area contributed by atoms with Crippen LogP contribution in [0.2, 0.25) is 5.02 Å². The van der Waals surface area contributed by atoms with Crippen molar-refractivity contribution in [2.24, 2.45) is 0 Å². The van der Waals surface area contributed by atoms with Gasteiger partial charge in [0.05, 0.1) is 31.2 Å². The summed E-state index contributed by atoms with van der Waals surface area (Å²) >= 11 is 6.11. The molecule has 0 saturated heterocycles. The summed E-state index contributed by atoms with van der Waals surface area (Å²) in [6, 6.07) is 21.8. The van der Waals surface area contributed by atoms with E-state index in [-0.39, 0.29) is 5.91 Å². The van der Waals surface area contributed by atoms with Crippen LogP contribution in [0.3, 0.4) is 0 Å². The van der Waals surface area contributed by atoms with Crippen molar-refractivity contribution in [1.29, 1.82) is 0 Å². The number of methoxy groups -OCH3 is 1. The van der Waals surface area contributed by atoms with Crippen LogP contribution in [0.1, 0.15) is 49.1 Å². The fraction of sp³-hybridized carbons (Fsp3) is 0.375. The van der Waals surface area contributed by atoms with Gasteiger partial charge in [-0.2, -0.15) is 0 Å². The van der Waals surface area contributed by atoms with Crippen LogP contribution in [0.15, 0.2) is 66.7 Å². The highest BCUT2D eigenvalue weighted by Crippen LogP contribution is 2.22. The van der Waals surface area contributed by atoms with E-state index in [4.69, 9.17) is 26.1 Å². The van der Waals surface area contributed by atoms with E-state index in [1.165, 1.54) is 5.52 Å². The number of nitrogens with one attached hydrogen (secondary N) is 1. The Labute approximate surface area is 236 Å². The molecule has 1 heterocycles. The third kappa shape index (κ3) is 8.49. The van der Waals surface area contributed by atoms with Crippen molar-refractivity contribution in [3.63, 3.8) is 0 Å². The maximum absolute atomic E-state index is 12.3. The predicted octanol–water partition coefficient (Wildman–Crippen LogP) is 6.94. The first-order chi connectivity index (χ1) is 19.0. The molecule has 6 nitrogen and oxygen atoms in total. The molecule has 7 heteroatoms. The van der Waals surface area contributed by atoms with Gasteiger partial charge in [0, 0.05) is 24.5 Å². The number of rotatable bonds is 15. The van der Waals surface area contributed by atoms with Crippen molar-refractivity contribution < 1.29 is 14.3 Å². The lowest BCUT2D eigenvalue weighted by atomic mass is 10.1. The summed E-state index contributed by atoms with van der Waals surface area (Å²) in [5.41, 5.74) is 4.25. The Morgan fingerprint density at radius 1 is 0.949 bits per heavy atom. The minimum Gasteiger partial charge on any atom is -0.497 e. The minimum absolute atomic E-state index is 0.0529. The first kappa shape index (κ1) is 28.5. The number of aromatic nitrogens is 2. The number of benzene rings is 3. The standard InChI is InChI=1S/C32H38ClN3O3/c1-24-22-27(17-18-28(24)33)39-21-9-8-20-36-30-11-6-5-10-29(30)35-31(36)12-4-3-7-19-34-32(37)23-25-13-15-26(38-2)16-14-25/h5-6,10-11,13-18,22H,3-4,7-9,12,19-21,23H2,1-2H3,(H,34,37). The largest absolute Gasteiger partial charge is 0.497 e. The van der Waals surface area contributed by atoms with Crippen molar-refractivity contribution in [2.75, 3.05) is 20.3 Å². The van der Waals surface area contributed by atoms with Crippen LogP contribution in [0, 0.1) is 6.92 Å². The zero-order chi connectivity index (χ0) is 27.5. The Kier molecular flexibility index (Phi) is 10.7. The molecule has 4 aromatic rings. The molecule has 1 N–H and O–H groups in total. The number of unbranched alkanes of at least 4 members (excludes halogenated alkanes) is 3. The zero-order valence-electron chi connectivity index (χ0n) is 22.9. The molecule has 0 spiro atoms. The van der Waals surface area contributed by atoms with Crippen molar-refractivity contribution >= 4 is 28.5 Å². The Morgan fingerprint density at radius 2 is 1.74 bits per heavy atom. The molecule has 0 unspecified atom stereocenters. The van der Waals surface area contributed by atoms with Gasteiger partial charge in [0.25, 0.3) is 0 Å². The molecule has 206 valence electrons. The van der Waals surface area contributed by atoms with E-state index >= 15 is 0 Å². The maximum atomic E-state index is 12.3. The second-order valence-corrected chi connectivity index (χ2v) is 10.2. The summed E-state index contributed by atoms with van der Waals surface area (Å²) in [5, 5.41) is 3.80. The second kappa shape index (κ2) is 14.6. The van der Waals surface area contributed by atoms with Gasteiger partial charge in [-0.3, -0.25) is 4.79 Å². The average molecular weight is 548 g/mol. The topological polar surface area (TPSA) is 65.4 Å². The highest BCUT2D eigenvalue weighted by molar-refractivity contribution is 6.31. The van der Waals surface area contributed by atoms with Crippen LogP contribution in [0.25, 0.3) is 11.0 Å². The van der Waals surface area contributed by atoms with Gasteiger partial charge in [0.15, 0.2) is 0 Å². The molecule has 3 aromatic carbocycles. The Hall–Kier alpha value is -3.51. The van der Waals surface area contributed by atoms with E-state index in [1.807, 2.05) is 55.5 Å². The van der Waals surface area contributed by atoms with E-state index in [0.717, 1.165) is 84.1 Å². The number of nitrogens with zero attached hydrogens (tertiary/aromatic N) is 2. The van der Waals surface area contributed by atoms with Crippen molar-refractivity contribution in [1.82, 2.24) is 14.9 Å². The molecule has 0 aliphatic heterocycles. The maximum Gasteiger partial charge on any atom is 0.224 e. The number of aryl methyl sites for hydroxylation is 3. The summed E-state index contributed by atoms with van der Waals surface area (Å²) in [7, 11) is 1.64. The molecule has 1 amide bonds. The molecule has 0 radical (unpaired) electrons. The van der Waals surface area contributed by atoms with Gasteiger partial charge < -0.3 is 19.4 Å². The van der Waals surface area contributed by atoms with Gasteiger partial charge in [-0.25, -0.2) is 4.98 Å². The Balaban J connectivity index is 1.18. The molecular formula is C32H38ClN3O3. The van der Waals surface area contributed by atoms with Crippen LogP contribution >= 0.6 is 11.6 Å². The summed E-state index contributed by atoms with van der Waals surface area (Å²) < 4.78 is 13.5. The van der Waals surface area contributed by atoms with Crippen molar-refractivity contribution in [3.8, 4) is 11.5 Å². The third-order valence-corrected chi connectivity index (χ3v) is 7.25. The number of fused-ring (bicyclic) bond motifs is 1. The lowest BCUT2D eigenvalue weighted by molar-refractivity contribution is -0.120. The third-order valence-electron chi connectivity index (χ3n) is 6.83. The molecule has 0 atom stereocenters. The van der Waals surface area contributed by atoms with Gasteiger partial charge in [-0.1, -0.05) is 42.3 Å². The fourth-order valence-corrected chi connectivity index (χ4v) is 4.76. The van der Waals surface area contributed by atoms with Gasteiger partial charge >= 0.3 is 0 Å². The van der Waals surface area contributed by atoms with Crippen molar-refractivity contribution in [3.05, 3.63) is 88.7 Å². The Morgan fingerprint density at radius 3 is 2.54 bits per heavy atom. The number of para-hydroxylation sites is 2. The predicted molar refractivity (Wildman–Crippen MR) is 158 cm³/mol. The second-order valence-electron chi connectivity index (χ2n) is 9.82. The average Bonchev–Trinajstić information content (AvgIpc) is 3.30. The number of imidazole rings is 1. The van der Waals surface area contributed by atoms with Crippen molar-refractivity contribution in [2.45, 2.75) is 58.4 Å². The molecule has 0 saturated carbocycles. The molecule has 0 aliphatic rings. The normalized spacial score (nSPS) is 11.1. The van der Waals surface area contributed by atoms with Gasteiger partial charge in [-0.05, 0) is 86.2 Å². The zero-order valence-corrected chi connectivity index (χ0v) is 23.7. The van der Waals surface area contributed by atoms with Gasteiger partial charge in [0.2, 0.25) is 5.91 Å². The number of halogens is 1. The molecule has 1 aromatic heterocycles. The molecule has 0 aliphatic carbocycles. The summed E-state index contributed by atoms with van der Waals surface area (Å²) in [4.78, 5) is 17.2. The summed E-state index contributed by atoms with van der Waals surface area (Å²) in [6.45, 7) is 4.27. The number of hydrogen-bond donors (Lipinski definition) is 1. The minimum atomic E-state index is 0.0529. The van der Waals surface area contributed by atoms with E-state index in [9.17, 15) is 4.79 Å². The number of hydrogen-bond acceptors (Lipinski definition) is 4. The quantitative estimate of drug-likeness (QED) is 0.164.